The summed E-state index contributed by atoms with van der Waals surface area (Å²) in [6.45, 7) is 8.27. The predicted octanol–water partition coefficient (Wildman–Crippen LogP) is 3.00. The molecule has 1 fully saturated rings. The third-order valence-corrected chi connectivity index (χ3v) is 5.48. The fourth-order valence-corrected chi connectivity index (χ4v) is 3.65. The second-order valence-corrected chi connectivity index (χ2v) is 7.89. The normalized spacial score (nSPS) is 15.8. The van der Waals surface area contributed by atoms with E-state index in [1.54, 1.807) is 19.1 Å². The molecule has 1 N–H and O–H groups in total. The molecular weight excluding hydrogens is 408 g/mol. The Labute approximate surface area is 181 Å². The van der Waals surface area contributed by atoms with Crippen LogP contribution in [0.4, 0.5) is 0 Å². The minimum absolute atomic E-state index is 0.224. The summed E-state index contributed by atoms with van der Waals surface area (Å²) < 4.78 is 16.4. The minimum atomic E-state index is -0.736. The quantitative estimate of drug-likeness (QED) is 0.608. The van der Waals surface area contributed by atoms with E-state index in [1.807, 2.05) is 0 Å². The number of nitrogens with one attached hydrogen (secondary N) is 1. The number of ether oxygens (including phenoxy) is 2. The number of hydrogen-bond acceptors (Lipinski definition) is 6. The van der Waals surface area contributed by atoms with Crippen molar-refractivity contribution in [2.45, 2.75) is 39.2 Å². The predicted molar refractivity (Wildman–Crippen MR) is 116 cm³/mol. The average molecular weight is 437 g/mol. The Bertz CT molecular complexity index is 924. The van der Waals surface area contributed by atoms with E-state index in [0.29, 0.717) is 22.9 Å². The van der Waals surface area contributed by atoms with Gasteiger partial charge in [-0.3, -0.25) is 9.69 Å². The Morgan fingerprint density at radius 1 is 1.30 bits per heavy atom. The molecule has 1 atom stereocenters. The lowest BCUT2D eigenvalue weighted by Crippen LogP contribution is -2.43. The molecule has 0 saturated carbocycles. The molecule has 1 aromatic carbocycles. The monoisotopic (exact) mass is 436 g/mol. The van der Waals surface area contributed by atoms with Crippen LogP contribution in [0.3, 0.4) is 0 Å². The second kappa shape index (κ2) is 10.8. The van der Waals surface area contributed by atoms with E-state index in [1.165, 1.54) is 6.07 Å². The number of aryl methyl sites for hydroxylation is 1. The van der Waals surface area contributed by atoms with Gasteiger partial charge in [0.1, 0.15) is 11.3 Å². The largest absolute Gasteiger partial charge is 0.479 e. The van der Waals surface area contributed by atoms with E-state index in [4.69, 9.17) is 25.5 Å². The van der Waals surface area contributed by atoms with Crippen LogP contribution in [0.15, 0.2) is 27.4 Å². The van der Waals surface area contributed by atoms with Crippen molar-refractivity contribution in [2.24, 2.45) is 0 Å². The lowest BCUT2D eigenvalue weighted by atomic mass is 10.0. The Kier molecular flexibility index (Phi) is 8.13. The first-order valence-electron chi connectivity index (χ1n) is 10.5. The van der Waals surface area contributed by atoms with Crippen LogP contribution in [0.2, 0.25) is 5.02 Å². The topological polar surface area (TPSA) is 81.0 Å². The molecule has 1 saturated heterocycles. The van der Waals surface area contributed by atoms with Gasteiger partial charge < -0.3 is 19.2 Å². The van der Waals surface area contributed by atoms with Gasteiger partial charge in [0.25, 0.3) is 5.91 Å². The van der Waals surface area contributed by atoms with Crippen LogP contribution in [-0.2, 0) is 16.0 Å². The lowest BCUT2D eigenvalue weighted by Gasteiger charge is -2.26. The SMILES string of the molecule is CCCCc1cc(=O)oc2cc(O[C@@H](C)C(=O)NCCN3CCOCC3)c(Cl)cc12. The van der Waals surface area contributed by atoms with Crippen molar-refractivity contribution in [2.75, 3.05) is 39.4 Å². The van der Waals surface area contributed by atoms with Crippen LogP contribution in [-0.4, -0.2) is 56.3 Å². The van der Waals surface area contributed by atoms with Crippen LogP contribution in [0.25, 0.3) is 11.0 Å². The first-order chi connectivity index (χ1) is 14.5. The Morgan fingerprint density at radius 3 is 2.80 bits per heavy atom. The number of benzene rings is 1. The highest BCUT2D eigenvalue weighted by Gasteiger charge is 2.18. The molecule has 8 heteroatoms. The third-order valence-electron chi connectivity index (χ3n) is 5.19. The average Bonchev–Trinajstić information content (AvgIpc) is 2.73. The summed E-state index contributed by atoms with van der Waals surface area (Å²) in [5, 5.41) is 4.06. The van der Waals surface area contributed by atoms with Gasteiger partial charge in [0, 0.05) is 43.7 Å². The Balaban J connectivity index is 1.64. The van der Waals surface area contributed by atoms with Crippen molar-refractivity contribution in [3.05, 3.63) is 39.2 Å². The van der Waals surface area contributed by atoms with Crippen molar-refractivity contribution < 1.29 is 18.7 Å². The minimum Gasteiger partial charge on any atom is -0.479 e. The van der Waals surface area contributed by atoms with Gasteiger partial charge in [0.05, 0.1) is 18.2 Å². The number of fused-ring (bicyclic) bond motifs is 1. The standard InChI is InChI=1S/C22H29ClN2O5/c1-3-4-5-16-12-21(26)30-19-14-20(18(23)13-17(16)19)29-15(2)22(27)24-6-7-25-8-10-28-11-9-25/h12-15H,3-11H2,1-2H3,(H,24,27)/t15-/m0/s1. The van der Waals surface area contributed by atoms with E-state index in [2.05, 4.69) is 17.1 Å². The van der Waals surface area contributed by atoms with Crippen LogP contribution in [0.1, 0.15) is 32.3 Å². The molecular formula is C22H29ClN2O5. The highest BCUT2D eigenvalue weighted by atomic mass is 35.5. The summed E-state index contributed by atoms with van der Waals surface area (Å²) >= 11 is 6.41. The number of rotatable bonds is 9. The zero-order chi connectivity index (χ0) is 21.5. The van der Waals surface area contributed by atoms with Crippen molar-refractivity contribution in [1.29, 1.82) is 0 Å². The Morgan fingerprint density at radius 2 is 2.07 bits per heavy atom. The molecule has 1 aliphatic heterocycles. The van der Waals surface area contributed by atoms with Crippen molar-refractivity contribution in [3.63, 3.8) is 0 Å². The van der Waals surface area contributed by atoms with Crippen LogP contribution in [0.5, 0.6) is 5.75 Å². The molecule has 1 aromatic heterocycles. The summed E-state index contributed by atoms with van der Waals surface area (Å²) in [6.07, 6.45) is 2.03. The van der Waals surface area contributed by atoms with Gasteiger partial charge in [-0.15, -0.1) is 0 Å². The number of morpholine rings is 1. The van der Waals surface area contributed by atoms with Crippen LogP contribution < -0.4 is 15.7 Å². The fraction of sp³-hybridized carbons (Fsp3) is 0.545. The summed E-state index contributed by atoms with van der Waals surface area (Å²) in [5.41, 5.74) is 0.911. The number of carbonyl (C=O) groups is 1. The van der Waals surface area contributed by atoms with Gasteiger partial charge in [-0.25, -0.2) is 4.79 Å². The van der Waals surface area contributed by atoms with Crippen molar-refractivity contribution in [3.8, 4) is 5.75 Å². The van der Waals surface area contributed by atoms with Gasteiger partial charge in [-0.05, 0) is 31.4 Å². The van der Waals surface area contributed by atoms with Crippen molar-refractivity contribution in [1.82, 2.24) is 10.2 Å². The van der Waals surface area contributed by atoms with E-state index in [9.17, 15) is 9.59 Å². The maximum Gasteiger partial charge on any atom is 0.336 e. The fourth-order valence-electron chi connectivity index (χ4n) is 3.44. The van der Waals surface area contributed by atoms with Gasteiger partial charge in [-0.2, -0.15) is 0 Å². The van der Waals surface area contributed by atoms with E-state index < -0.39 is 11.7 Å². The molecule has 2 heterocycles. The number of halogens is 1. The maximum atomic E-state index is 12.4. The number of unbranched alkanes of at least 4 members (excludes halogenated alkanes) is 1. The highest BCUT2D eigenvalue weighted by Crippen LogP contribution is 2.32. The summed E-state index contributed by atoms with van der Waals surface area (Å²) in [5.74, 6) is 0.0911. The van der Waals surface area contributed by atoms with Gasteiger partial charge in [0.15, 0.2) is 6.10 Å². The zero-order valence-electron chi connectivity index (χ0n) is 17.5. The number of carbonyl (C=O) groups excluding carboxylic acids is 1. The van der Waals surface area contributed by atoms with E-state index >= 15 is 0 Å². The summed E-state index contributed by atoms with van der Waals surface area (Å²) in [4.78, 5) is 26.6. The molecule has 3 rings (SSSR count). The first kappa shape index (κ1) is 22.6. The number of nitrogens with zero attached hydrogens (tertiary/aromatic N) is 1. The molecule has 164 valence electrons. The maximum absolute atomic E-state index is 12.4. The van der Waals surface area contributed by atoms with Gasteiger partial charge in [0.2, 0.25) is 0 Å². The molecule has 1 amide bonds. The van der Waals surface area contributed by atoms with Gasteiger partial charge >= 0.3 is 5.63 Å². The third kappa shape index (κ3) is 5.97. The first-order valence-corrected chi connectivity index (χ1v) is 10.9. The number of hydrogen-bond donors (Lipinski definition) is 1. The van der Waals surface area contributed by atoms with Crippen LogP contribution >= 0.6 is 11.6 Å². The van der Waals surface area contributed by atoms with E-state index in [0.717, 1.165) is 63.1 Å². The molecule has 30 heavy (non-hydrogen) atoms. The molecule has 0 radical (unpaired) electrons. The molecule has 0 spiro atoms. The molecule has 1 aliphatic rings. The van der Waals surface area contributed by atoms with Crippen LogP contribution in [0, 0.1) is 0 Å². The summed E-state index contributed by atoms with van der Waals surface area (Å²) in [6, 6.07) is 4.84. The lowest BCUT2D eigenvalue weighted by molar-refractivity contribution is -0.127. The second-order valence-electron chi connectivity index (χ2n) is 7.48. The summed E-state index contributed by atoms with van der Waals surface area (Å²) in [7, 11) is 0. The smallest absolute Gasteiger partial charge is 0.336 e. The molecule has 0 aliphatic carbocycles. The molecule has 0 bridgehead atoms. The van der Waals surface area contributed by atoms with Gasteiger partial charge in [-0.1, -0.05) is 24.9 Å². The molecule has 7 nitrogen and oxygen atoms in total. The van der Waals surface area contributed by atoms with Crippen molar-refractivity contribution >= 4 is 28.5 Å². The van der Waals surface area contributed by atoms with E-state index in [-0.39, 0.29) is 5.91 Å². The highest BCUT2D eigenvalue weighted by molar-refractivity contribution is 6.32. The number of amides is 1. The molecule has 2 aromatic rings. The molecule has 0 unspecified atom stereocenters. The Hall–Kier alpha value is -2.09. The zero-order valence-corrected chi connectivity index (χ0v) is 18.3.